The van der Waals surface area contributed by atoms with Crippen LogP contribution in [0.1, 0.15) is 0 Å². The molecule has 2 heterocycles. The lowest BCUT2D eigenvalue weighted by atomic mass is 10.1. The summed E-state index contributed by atoms with van der Waals surface area (Å²) in [6.07, 6.45) is 1.86. The van der Waals surface area contributed by atoms with Crippen LogP contribution >= 0.6 is 0 Å². The Bertz CT molecular complexity index is 550. The van der Waals surface area contributed by atoms with E-state index in [1.165, 1.54) is 5.39 Å². The molecule has 0 radical (unpaired) electrons. The number of hydrogen-bond acceptors (Lipinski definition) is 4. The molecule has 0 aliphatic carbocycles. The van der Waals surface area contributed by atoms with Gasteiger partial charge in [-0.1, -0.05) is 12.1 Å². The van der Waals surface area contributed by atoms with Crippen molar-refractivity contribution in [2.45, 2.75) is 0 Å². The van der Waals surface area contributed by atoms with Crippen molar-refractivity contribution in [1.29, 1.82) is 0 Å². The van der Waals surface area contributed by atoms with Gasteiger partial charge in [0.1, 0.15) is 11.6 Å². The Balaban J connectivity index is 2.11. The number of ether oxygens (including phenoxy) is 1. The standard InChI is InChI=1S/C14H17N3O/c1-18-13-4-2-3-12-11(13)5-6-16-14(12)17-9-7-15-8-10-17/h2-6,15H,7-10H2,1H3. The zero-order chi connectivity index (χ0) is 12.4. The molecular weight excluding hydrogens is 226 g/mol. The van der Waals surface area contributed by atoms with Gasteiger partial charge in [-0.3, -0.25) is 0 Å². The summed E-state index contributed by atoms with van der Waals surface area (Å²) in [5, 5.41) is 5.65. The zero-order valence-corrected chi connectivity index (χ0v) is 10.5. The number of pyridine rings is 1. The fourth-order valence-corrected chi connectivity index (χ4v) is 2.47. The second kappa shape index (κ2) is 4.82. The minimum Gasteiger partial charge on any atom is -0.496 e. The van der Waals surface area contributed by atoms with E-state index in [1.54, 1.807) is 7.11 Å². The number of piperazine rings is 1. The summed E-state index contributed by atoms with van der Waals surface area (Å²) in [5.41, 5.74) is 0. The third kappa shape index (κ3) is 1.88. The van der Waals surface area contributed by atoms with Crippen molar-refractivity contribution >= 4 is 16.6 Å². The first-order chi connectivity index (χ1) is 8.90. The number of methoxy groups -OCH3 is 1. The average Bonchev–Trinajstić information content (AvgIpc) is 2.47. The summed E-state index contributed by atoms with van der Waals surface area (Å²) >= 11 is 0. The van der Waals surface area contributed by atoms with Crippen LogP contribution < -0.4 is 15.0 Å². The van der Waals surface area contributed by atoms with Gasteiger partial charge in [0, 0.05) is 43.1 Å². The van der Waals surface area contributed by atoms with E-state index in [0.717, 1.165) is 43.1 Å². The molecule has 0 bridgehead atoms. The molecule has 0 atom stereocenters. The summed E-state index contributed by atoms with van der Waals surface area (Å²) in [6.45, 7) is 4.04. The number of anilines is 1. The first-order valence-electron chi connectivity index (χ1n) is 6.27. The van der Waals surface area contributed by atoms with Crippen molar-refractivity contribution in [1.82, 2.24) is 10.3 Å². The van der Waals surface area contributed by atoms with Crippen LogP contribution in [0.3, 0.4) is 0 Å². The Morgan fingerprint density at radius 3 is 2.78 bits per heavy atom. The van der Waals surface area contributed by atoms with Gasteiger partial charge in [-0.05, 0) is 12.1 Å². The van der Waals surface area contributed by atoms with Crippen LogP contribution in [-0.4, -0.2) is 38.3 Å². The molecule has 1 fully saturated rings. The van der Waals surface area contributed by atoms with Crippen LogP contribution in [-0.2, 0) is 0 Å². The number of rotatable bonds is 2. The summed E-state index contributed by atoms with van der Waals surface area (Å²) < 4.78 is 5.41. The number of aromatic nitrogens is 1. The van der Waals surface area contributed by atoms with E-state index in [9.17, 15) is 0 Å². The molecule has 1 aliphatic heterocycles. The lowest BCUT2D eigenvalue weighted by Gasteiger charge is -2.29. The topological polar surface area (TPSA) is 37.4 Å². The van der Waals surface area contributed by atoms with Crippen molar-refractivity contribution in [3.63, 3.8) is 0 Å². The SMILES string of the molecule is COc1cccc2c(N3CCNCC3)nccc12. The summed E-state index contributed by atoms with van der Waals surface area (Å²) in [5.74, 6) is 1.97. The minimum absolute atomic E-state index is 0.909. The van der Waals surface area contributed by atoms with Gasteiger partial charge < -0.3 is 15.0 Å². The van der Waals surface area contributed by atoms with Crippen molar-refractivity contribution in [3.05, 3.63) is 30.5 Å². The Labute approximate surface area is 107 Å². The van der Waals surface area contributed by atoms with Crippen molar-refractivity contribution in [3.8, 4) is 5.75 Å². The number of nitrogens with one attached hydrogen (secondary N) is 1. The first kappa shape index (κ1) is 11.3. The van der Waals surface area contributed by atoms with Gasteiger partial charge in [0.2, 0.25) is 0 Å². The highest BCUT2D eigenvalue weighted by molar-refractivity contribution is 5.96. The summed E-state index contributed by atoms with van der Waals surface area (Å²) in [7, 11) is 1.71. The van der Waals surface area contributed by atoms with Gasteiger partial charge in [-0.2, -0.15) is 0 Å². The lowest BCUT2D eigenvalue weighted by molar-refractivity contribution is 0.420. The molecule has 1 N–H and O–H groups in total. The molecule has 0 amide bonds. The van der Waals surface area contributed by atoms with E-state index in [-0.39, 0.29) is 0 Å². The molecule has 0 unspecified atom stereocenters. The predicted octanol–water partition coefficient (Wildman–Crippen LogP) is 1.65. The van der Waals surface area contributed by atoms with Gasteiger partial charge >= 0.3 is 0 Å². The molecule has 4 heteroatoms. The number of hydrogen-bond donors (Lipinski definition) is 1. The molecule has 1 aliphatic rings. The maximum atomic E-state index is 5.41. The van der Waals surface area contributed by atoms with Gasteiger partial charge in [0.25, 0.3) is 0 Å². The second-order valence-electron chi connectivity index (χ2n) is 4.43. The van der Waals surface area contributed by atoms with Crippen LogP contribution in [0, 0.1) is 0 Å². The van der Waals surface area contributed by atoms with E-state index in [2.05, 4.69) is 21.3 Å². The highest BCUT2D eigenvalue weighted by atomic mass is 16.5. The lowest BCUT2D eigenvalue weighted by Crippen LogP contribution is -2.43. The Morgan fingerprint density at radius 2 is 2.00 bits per heavy atom. The van der Waals surface area contributed by atoms with Crippen molar-refractivity contribution in [2.24, 2.45) is 0 Å². The van der Waals surface area contributed by atoms with Crippen molar-refractivity contribution < 1.29 is 4.74 Å². The third-order valence-electron chi connectivity index (χ3n) is 3.38. The minimum atomic E-state index is 0.909. The van der Waals surface area contributed by atoms with Crippen LogP contribution in [0.2, 0.25) is 0 Å². The predicted molar refractivity (Wildman–Crippen MR) is 73.4 cm³/mol. The van der Waals surface area contributed by atoms with Gasteiger partial charge in [0.15, 0.2) is 0 Å². The fourth-order valence-electron chi connectivity index (χ4n) is 2.47. The van der Waals surface area contributed by atoms with E-state index in [4.69, 9.17) is 4.74 Å². The highest BCUT2D eigenvalue weighted by Crippen LogP contribution is 2.30. The average molecular weight is 243 g/mol. The molecule has 94 valence electrons. The van der Waals surface area contributed by atoms with E-state index in [0.29, 0.717) is 0 Å². The molecule has 1 aromatic carbocycles. The molecular formula is C14H17N3O. The third-order valence-corrected chi connectivity index (χ3v) is 3.38. The maximum Gasteiger partial charge on any atom is 0.136 e. The van der Waals surface area contributed by atoms with Crippen LogP contribution in [0.5, 0.6) is 5.75 Å². The smallest absolute Gasteiger partial charge is 0.136 e. The molecule has 4 nitrogen and oxygen atoms in total. The Morgan fingerprint density at radius 1 is 1.17 bits per heavy atom. The van der Waals surface area contributed by atoms with Crippen LogP contribution in [0.15, 0.2) is 30.5 Å². The van der Waals surface area contributed by atoms with Gasteiger partial charge in [-0.15, -0.1) is 0 Å². The quantitative estimate of drug-likeness (QED) is 0.870. The first-order valence-corrected chi connectivity index (χ1v) is 6.27. The molecule has 18 heavy (non-hydrogen) atoms. The molecule has 1 aromatic heterocycles. The van der Waals surface area contributed by atoms with Crippen molar-refractivity contribution in [2.75, 3.05) is 38.2 Å². The second-order valence-corrected chi connectivity index (χ2v) is 4.43. The molecule has 0 saturated carbocycles. The van der Waals surface area contributed by atoms with Crippen LogP contribution in [0.4, 0.5) is 5.82 Å². The summed E-state index contributed by atoms with van der Waals surface area (Å²) in [6, 6.07) is 8.14. The van der Waals surface area contributed by atoms with Gasteiger partial charge in [-0.25, -0.2) is 4.98 Å². The largest absolute Gasteiger partial charge is 0.496 e. The number of benzene rings is 1. The van der Waals surface area contributed by atoms with Crippen LogP contribution in [0.25, 0.3) is 10.8 Å². The number of fused-ring (bicyclic) bond motifs is 1. The molecule has 1 saturated heterocycles. The maximum absolute atomic E-state index is 5.41. The summed E-state index contributed by atoms with van der Waals surface area (Å²) in [4.78, 5) is 6.88. The number of nitrogens with zero attached hydrogens (tertiary/aromatic N) is 2. The Hall–Kier alpha value is -1.81. The molecule has 2 aromatic rings. The molecule has 0 spiro atoms. The fraction of sp³-hybridized carbons (Fsp3) is 0.357. The highest BCUT2D eigenvalue weighted by Gasteiger charge is 2.15. The van der Waals surface area contributed by atoms with E-state index >= 15 is 0 Å². The Kier molecular flexibility index (Phi) is 3.02. The van der Waals surface area contributed by atoms with Gasteiger partial charge in [0.05, 0.1) is 7.11 Å². The van der Waals surface area contributed by atoms with E-state index < -0.39 is 0 Å². The zero-order valence-electron chi connectivity index (χ0n) is 10.5. The van der Waals surface area contributed by atoms with E-state index in [1.807, 2.05) is 24.4 Å². The normalized spacial score (nSPS) is 15.9. The monoisotopic (exact) mass is 243 g/mol. The molecule has 3 rings (SSSR count).